The van der Waals surface area contributed by atoms with E-state index in [1.807, 2.05) is 30.5 Å². The number of fused-ring (bicyclic) bond motifs is 1. The molecule has 0 saturated carbocycles. The van der Waals surface area contributed by atoms with Gasteiger partial charge in [0.2, 0.25) is 0 Å². The molecule has 3 heterocycles. The lowest BCUT2D eigenvalue weighted by atomic mass is 10.0. The Morgan fingerprint density at radius 1 is 1.39 bits per heavy atom. The molecule has 2 aromatic rings. The molecule has 10 heteroatoms. The number of nitrogens with two attached hydrogens (primary N) is 1. The monoisotopic (exact) mass is 500 g/mol. The number of guanidine groups is 1. The van der Waals surface area contributed by atoms with E-state index < -0.39 is 0 Å². The minimum absolute atomic E-state index is 0. The third kappa shape index (κ3) is 4.55. The molecule has 2 aliphatic rings. The summed E-state index contributed by atoms with van der Waals surface area (Å²) in [4.78, 5) is 4.40. The summed E-state index contributed by atoms with van der Waals surface area (Å²) in [5, 5.41) is 11.6. The van der Waals surface area contributed by atoms with Crippen LogP contribution in [0.4, 0.5) is 0 Å². The molecular weight excluding hydrogens is 475 g/mol. The number of para-hydroxylation sites is 1. The summed E-state index contributed by atoms with van der Waals surface area (Å²) in [5.74, 6) is 1.27. The summed E-state index contributed by atoms with van der Waals surface area (Å²) in [6, 6.07) is 8.09. The van der Waals surface area contributed by atoms with Crippen molar-refractivity contribution in [1.82, 2.24) is 20.3 Å². The molecule has 0 aliphatic carbocycles. The lowest BCUT2D eigenvalue weighted by Crippen LogP contribution is -2.37. The molecule has 1 aromatic heterocycles. The number of hydrogen-bond donors (Lipinski definition) is 2. The number of aliphatic imine (C=N–C) groups is 1. The zero-order valence-corrected chi connectivity index (χ0v) is 18.0. The lowest BCUT2D eigenvalue weighted by Gasteiger charge is -2.26. The molecule has 0 radical (unpaired) electrons. The Hall–Kier alpha value is -1.92. The van der Waals surface area contributed by atoms with Gasteiger partial charge >= 0.3 is 0 Å². The molecule has 3 N–H and O–H groups in total. The van der Waals surface area contributed by atoms with Crippen molar-refractivity contribution in [2.75, 3.05) is 26.9 Å². The van der Waals surface area contributed by atoms with E-state index in [1.54, 1.807) is 11.8 Å². The van der Waals surface area contributed by atoms with Gasteiger partial charge in [0.05, 0.1) is 38.6 Å². The van der Waals surface area contributed by atoms with Gasteiger partial charge in [-0.05, 0) is 6.07 Å². The second-order valence-corrected chi connectivity index (χ2v) is 6.64. The number of methoxy groups -OCH3 is 1. The zero-order chi connectivity index (χ0) is 18.6. The van der Waals surface area contributed by atoms with Gasteiger partial charge in [0.1, 0.15) is 23.6 Å². The minimum atomic E-state index is -0.0108. The summed E-state index contributed by atoms with van der Waals surface area (Å²) in [7, 11) is 1.68. The Morgan fingerprint density at radius 3 is 3.11 bits per heavy atom. The smallest absolute Gasteiger partial charge is 0.189 e. The van der Waals surface area contributed by atoms with Crippen molar-refractivity contribution in [3.05, 3.63) is 41.7 Å². The first-order chi connectivity index (χ1) is 13.2. The summed E-state index contributed by atoms with van der Waals surface area (Å²) in [6.07, 6.45) is 2.69. The summed E-state index contributed by atoms with van der Waals surface area (Å²) in [6.45, 7) is 2.14. The third-order valence-electron chi connectivity index (χ3n) is 4.89. The van der Waals surface area contributed by atoms with Crippen molar-refractivity contribution >= 4 is 29.9 Å². The number of halogens is 1. The van der Waals surface area contributed by atoms with Crippen molar-refractivity contribution in [3.63, 3.8) is 0 Å². The fourth-order valence-electron chi connectivity index (χ4n) is 3.43. The standard InChI is InChI=1S/C18H24N6O3.HI/c1-25-17-11-26-10-15(17)24-9-12(22-23-24)8-20-18(19)21-14-6-7-27-16-5-3-2-4-13(14)16;/h2-5,9,14-15,17H,6-8,10-11H2,1H3,(H3,19,20,21);1H/t14?,15-,17-;/m1./s1. The molecular formula is C18H25IN6O3. The van der Waals surface area contributed by atoms with E-state index in [0.29, 0.717) is 32.3 Å². The van der Waals surface area contributed by atoms with E-state index in [2.05, 4.69) is 20.6 Å². The first-order valence-corrected chi connectivity index (χ1v) is 9.04. The first kappa shape index (κ1) is 20.8. The summed E-state index contributed by atoms with van der Waals surface area (Å²) >= 11 is 0. The van der Waals surface area contributed by atoms with Crippen LogP contribution in [0.2, 0.25) is 0 Å². The van der Waals surface area contributed by atoms with Crippen LogP contribution in [0, 0.1) is 0 Å². The van der Waals surface area contributed by atoms with Crippen molar-refractivity contribution < 1.29 is 14.2 Å². The van der Waals surface area contributed by atoms with E-state index >= 15 is 0 Å². The highest BCUT2D eigenvalue weighted by atomic mass is 127. The van der Waals surface area contributed by atoms with E-state index in [4.69, 9.17) is 19.9 Å². The Balaban J connectivity index is 0.00000225. The average molecular weight is 500 g/mol. The average Bonchev–Trinajstić information content (AvgIpc) is 3.35. The van der Waals surface area contributed by atoms with Crippen LogP contribution in [0.1, 0.15) is 29.8 Å². The number of rotatable bonds is 5. The van der Waals surface area contributed by atoms with Gasteiger partial charge in [-0.15, -0.1) is 29.1 Å². The van der Waals surface area contributed by atoms with Gasteiger partial charge in [0.15, 0.2) is 5.96 Å². The second-order valence-electron chi connectivity index (χ2n) is 6.64. The van der Waals surface area contributed by atoms with Gasteiger partial charge in [0, 0.05) is 19.1 Å². The van der Waals surface area contributed by atoms with E-state index in [9.17, 15) is 0 Å². The number of ether oxygens (including phenoxy) is 3. The minimum Gasteiger partial charge on any atom is -0.493 e. The predicted octanol–water partition coefficient (Wildman–Crippen LogP) is 1.41. The molecule has 3 atom stereocenters. The number of nitrogens with one attached hydrogen (secondary N) is 1. The topological polar surface area (TPSA) is 109 Å². The summed E-state index contributed by atoms with van der Waals surface area (Å²) < 4.78 is 18.3. The largest absolute Gasteiger partial charge is 0.493 e. The maximum absolute atomic E-state index is 6.09. The molecule has 4 rings (SSSR count). The molecule has 9 nitrogen and oxygen atoms in total. The van der Waals surface area contributed by atoms with Gasteiger partial charge < -0.3 is 25.3 Å². The highest BCUT2D eigenvalue weighted by Gasteiger charge is 2.30. The van der Waals surface area contributed by atoms with Gasteiger partial charge in [-0.2, -0.15) is 0 Å². The maximum atomic E-state index is 6.09. The molecule has 0 spiro atoms. The van der Waals surface area contributed by atoms with Crippen LogP contribution in [0.25, 0.3) is 0 Å². The van der Waals surface area contributed by atoms with Gasteiger partial charge in [-0.25, -0.2) is 9.67 Å². The fraction of sp³-hybridized carbons (Fsp3) is 0.500. The second kappa shape index (κ2) is 9.52. The molecule has 1 aromatic carbocycles. The van der Waals surface area contributed by atoms with E-state index in [-0.39, 0.29) is 42.2 Å². The number of aromatic nitrogens is 3. The highest BCUT2D eigenvalue weighted by Crippen LogP contribution is 2.31. The van der Waals surface area contributed by atoms with Crippen LogP contribution < -0.4 is 15.8 Å². The third-order valence-corrected chi connectivity index (χ3v) is 4.89. The SMILES string of the molecule is CO[C@@H]1COC[C@H]1n1cc(CN=C(N)NC2CCOc3ccccc32)nn1.I. The Labute approximate surface area is 180 Å². The molecule has 1 unspecified atom stereocenters. The molecule has 0 bridgehead atoms. The van der Waals surface area contributed by atoms with Crippen molar-refractivity contribution in [2.24, 2.45) is 10.7 Å². The van der Waals surface area contributed by atoms with Gasteiger partial charge in [-0.1, -0.05) is 23.4 Å². The fourth-order valence-corrected chi connectivity index (χ4v) is 3.43. The van der Waals surface area contributed by atoms with Crippen molar-refractivity contribution in [2.45, 2.75) is 31.2 Å². The number of benzene rings is 1. The molecule has 28 heavy (non-hydrogen) atoms. The first-order valence-electron chi connectivity index (χ1n) is 9.04. The van der Waals surface area contributed by atoms with Crippen LogP contribution in [-0.4, -0.2) is 54.0 Å². The zero-order valence-electron chi connectivity index (χ0n) is 15.7. The van der Waals surface area contributed by atoms with Gasteiger partial charge in [0.25, 0.3) is 0 Å². The van der Waals surface area contributed by atoms with E-state index in [0.717, 1.165) is 23.4 Å². The normalized spacial score (nSPS) is 24.2. The molecule has 152 valence electrons. The maximum Gasteiger partial charge on any atom is 0.189 e. The number of nitrogens with zero attached hydrogens (tertiary/aromatic N) is 4. The molecule has 2 aliphatic heterocycles. The number of hydrogen-bond acceptors (Lipinski definition) is 6. The predicted molar refractivity (Wildman–Crippen MR) is 114 cm³/mol. The van der Waals surface area contributed by atoms with Gasteiger partial charge in [-0.3, -0.25) is 0 Å². The van der Waals surface area contributed by atoms with Crippen LogP contribution >= 0.6 is 24.0 Å². The lowest BCUT2D eigenvalue weighted by molar-refractivity contribution is 0.0661. The summed E-state index contributed by atoms with van der Waals surface area (Å²) in [5.41, 5.74) is 7.93. The highest BCUT2D eigenvalue weighted by molar-refractivity contribution is 14.0. The van der Waals surface area contributed by atoms with Crippen LogP contribution in [-0.2, 0) is 16.0 Å². The Bertz CT molecular complexity index is 814. The van der Waals surface area contributed by atoms with E-state index in [1.165, 1.54) is 0 Å². The Kier molecular flexibility index (Phi) is 7.08. The molecule has 1 fully saturated rings. The van der Waals surface area contributed by atoms with Crippen molar-refractivity contribution in [3.8, 4) is 5.75 Å². The Morgan fingerprint density at radius 2 is 2.25 bits per heavy atom. The van der Waals surface area contributed by atoms with Crippen molar-refractivity contribution in [1.29, 1.82) is 0 Å². The van der Waals surface area contributed by atoms with Crippen LogP contribution in [0.5, 0.6) is 5.75 Å². The van der Waals surface area contributed by atoms with Crippen LogP contribution in [0.3, 0.4) is 0 Å². The molecule has 0 amide bonds. The molecule has 1 saturated heterocycles. The van der Waals surface area contributed by atoms with Crippen LogP contribution in [0.15, 0.2) is 35.5 Å². The quantitative estimate of drug-likeness (QED) is 0.363.